The lowest BCUT2D eigenvalue weighted by molar-refractivity contribution is 0.462. The molecule has 1 N–H and O–H groups in total. The number of phenolic OH excluding ortho intramolecular Hbond substituents is 1. The van der Waals surface area contributed by atoms with Crippen LogP contribution in [0.2, 0.25) is 0 Å². The van der Waals surface area contributed by atoms with Crippen molar-refractivity contribution in [2.45, 2.75) is 26.8 Å². The zero-order chi connectivity index (χ0) is 14.0. The van der Waals surface area contributed by atoms with Gasteiger partial charge in [0.25, 0.3) is 0 Å². The summed E-state index contributed by atoms with van der Waals surface area (Å²) in [6.07, 6.45) is 0. The van der Waals surface area contributed by atoms with Gasteiger partial charge in [-0.3, -0.25) is 0 Å². The van der Waals surface area contributed by atoms with Gasteiger partial charge in [0.15, 0.2) is 0 Å². The van der Waals surface area contributed by atoms with E-state index in [-0.39, 0.29) is 6.04 Å². The van der Waals surface area contributed by atoms with E-state index in [2.05, 4.69) is 37.9 Å². The maximum absolute atomic E-state index is 10.1. The van der Waals surface area contributed by atoms with E-state index in [0.29, 0.717) is 5.75 Å². The van der Waals surface area contributed by atoms with Crippen molar-refractivity contribution in [3.8, 4) is 5.75 Å². The van der Waals surface area contributed by atoms with Gasteiger partial charge in [-0.15, -0.1) is 0 Å². The number of hydrogen-bond acceptors (Lipinski definition) is 2. The molecule has 0 aromatic heterocycles. The number of phenols is 1. The van der Waals surface area contributed by atoms with Crippen molar-refractivity contribution in [3.63, 3.8) is 0 Å². The normalized spacial score (nSPS) is 12.2. The van der Waals surface area contributed by atoms with Gasteiger partial charge in [-0.2, -0.15) is 0 Å². The molecule has 0 spiro atoms. The van der Waals surface area contributed by atoms with Crippen LogP contribution in [0, 0.1) is 13.8 Å². The Morgan fingerprint density at radius 1 is 1.05 bits per heavy atom. The van der Waals surface area contributed by atoms with E-state index >= 15 is 0 Å². The molecule has 0 heterocycles. The predicted molar refractivity (Wildman–Crippen MR) is 80.8 cm³/mol. The van der Waals surface area contributed by atoms with E-state index in [4.69, 9.17) is 0 Å². The van der Waals surface area contributed by atoms with Crippen LogP contribution in [0.25, 0.3) is 0 Å². The number of hydrogen-bond donors (Lipinski definition) is 1. The molecule has 0 saturated heterocycles. The summed E-state index contributed by atoms with van der Waals surface area (Å²) in [4.78, 5) is 2.19. The van der Waals surface area contributed by atoms with Gasteiger partial charge in [-0.25, -0.2) is 0 Å². The van der Waals surface area contributed by atoms with Gasteiger partial charge >= 0.3 is 0 Å². The van der Waals surface area contributed by atoms with Gasteiger partial charge < -0.3 is 10.0 Å². The topological polar surface area (TPSA) is 23.5 Å². The van der Waals surface area contributed by atoms with Crippen molar-refractivity contribution < 1.29 is 5.11 Å². The van der Waals surface area contributed by atoms with Crippen LogP contribution in [-0.2, 0) is 0 Å². The maximum Gasteiger partial charge on any atom is 0.121 e. The number of nitrogens with zero attached hydrogens (tertiary/aromatic N) is 1. The number of rotatable bonds is 3. The predicted octanol–water partition coefficient (Wildman–Crippen LogP) is 4.21. The highest BCUT2D eigenvalue weighted by molar-refractivity contribution is 5.55. The van der Waals surface area contributed by atoms with Crippen LogP contribution in [0.3, 0.4) is 0 Å². The van der Waals surface area contributed by atoms with Crippen molar-refractivity contribution in [2.24, 2.45) is 0 Å². The molecule has 2 heteroatoms. The first kappa shape index (κ1) is 13.5. The van der Waals surface area contributed by atoms with Crippen molar-refractivity contribution >= 4 is 5.69 Å². The van der Waals surface area contributed by atoms with E-state index in [1.807, 2.05) is 37.3 Å². The lowest BCUT2D eigenvalue weighted by Gasteiger charge is -2.29. The lowest BCUT2D eigenvalue weighted by Crippen LogP contribution is -2.22. The molecule has 0 fully saturated rings. The van der Waals surface area contributed by atoms with Crippen molar-refractivity contribution in [1.82, 2.24) is 0 Å². The molecule has 2 nitrogen and oxygen atoms in total. The molecular weight excluding hydrogens is 234 g/mol. The SMILES string of the molecule is Cc1ccc(C(C)N(C)c2ccccc2C)c(O)c1. The quantitative estimate of drug-likeness (QED) is 0.888. The summed E-state index contributed by atoms with van der Waals surface area (Å²) < 4.78 is 0. The summed E-state index contributed by atoms with van der Waals surface area (Å²) in [6, 6.07) is 14.3. The maximum atomic E-state index is 10.1. The van der Waals surface area contributed by atoms with Crippen LogP contribution in [-0.4, -0.2) is 12.2 Å². The molecule has 1 atom stereocenters. The van der Waals surface area contributed by atoms with E-state index in [9.17, 15) is 5.11 Å². The fraction of sp³-hybridized carbons (Fsp3) is 0.294. The van der Waals surface area contributed by atoms with Crippen LogP contribution < -0.4 is 4.90 Å². The average molecular weight is 255 g/mol. The van der Waals surface area contributed by atoms with Crippen molar-refractivity contribution in [2.75, 3.05) is 11.9 Å². The summed E-state index contributed by atoms with van der Waals surface area (Å²) in [6.45, 7) is 6.20. The van der Waals surface area contributed by atoms with Crippen LogP contribution >= 0.6 is 0 Å². The fourth-order valence-electron chi connectivity index (χ4n) is 2.38. The molecule has 19 heavy (non-hydrogen) atoms. The zero-order valence-electron chi connectivity index (χ0n) is 12.0. The highest BCUT2D eigenvalue weighted by Gasteiger charge is 2.16. The van der Waals surface area contributed by atoms with E-state index in [0.717, 1.165) is 11.1 Å². The fourth-order valence-corrected chi connectivity index (χ4v) is 2.38. The van der Waals surface area contributed by atoms with Gasteiger partial charge in [0.05, 0.1) is 6.04 Å². The van der Waals surface area contributed by atoms with Gasteiger partial charge in [0, 0.05) is 18.3 Å². The number of anilines is 1. The minimum atomic E-state index is 0.127. The molecule has 2 aromatic rings. The number of aryl methyl sites for hydroxylation is 2. The standard InChI is InChI=1S/C17H21NO/c1-12-9-10-15(17(19)11-12)14(3)18(4)16-8-6-5-7-13(16)2/h5-11,14,19H,1-4H3. The largest absolute Gasteiger partial charge is 0.508 e. The van der Waals surface area contributed by atoms with Gasteiger partial charge in [0.2, 0.25) is 0 Å². The van der Waals surface area contributed by atoms with Crippen molar-refractivity contribution in [1.29, 1.82) is 0 Å². The van der Waals surface area contributed by atoms with Crippen LogP contribution in [0.15, 0.2) is 42.5 Å². The molecule has 0 aliphatic carbocycles. The third kappa shape index (κ3) is 2.73. The first-order chi connectivity index (χ1) is 9.00. The number of para-hydroxylation sites is 1. The lowest BCUT2D eigenvalue weighted by atomic mass is 10.0. The van der Waals surface area contributed by atoms with Crippen LogP contribution in [0.1, 0.15) is 29.7 Å². The Kier molecular flexibility index (Phi) is 3.79. The number of benzene rings is 2. The Morgan fingerprint density at radius 2 is 1.74 bits per heavy atom. The monoisotopic (exact) mass is 255 g/mol. The number of aromatic hydroxyl groups is 1. The minimum absolute atomic E-state index is 0.127. The molecule has 0 aliphatic rings. The highest BCUT2D eigenvalue weighted by atomic mass is 16.3. The third-order valence-electron chi connectivity index (χ3n) is 3.71. The molecule has 1 unspecified atom stereocenters. The summed E-state index contributed by atoms with van der Waals surface area (Å²) in [5.41, 5.74) is 4.46. The molecule has 0 amide bonds. The molecule has 0 aliphatic heterocycles. The average Bonchev–Trinajstić information content (AvgIpc) is 2.38. The minimum Gasteiger partial charge on any atom is -0.508 e. The second kappa shape index (κ2) is 5.35. The second-order valence-electron chi connectivity index (χ2n) is 5.14. The summed E-state index contributed by atoms with van der Waals surface area (Å²) >= 11 is 0. The summed E-state index contributed by atoms with van der Waals surface area (Å²) in [5.74, 6) is 0.368. The van der Waals surface area contributed by atoms with Crippen molar-refractivity contribution in [3.05, 3.63) is 59.2 Å². The van der Waals surface area contributed by atoms with E-state index in [1.54, 1.807) is 0 Å². The van der Waals surface area contributed by atoms with E-state index in [1.165, 1.54) is 11.3 Å². The third-order valence-corrected chi connectivity index (χ3v) is 3.71. The summed E-state index contributed by atoms with van der Waals surface area (Å²) in [5, 5.41) is 10.1. The second-order valence-corrected chi connectivity index (χ2v) is 5.14. The Hall–Kier alpha value is -1.96. The highest BCUT2D eigenvalue weighted by Crippen LogP contribution is 2.32. The molecule has 100 valence electrons. The molecule has 0 bridgehead atoms. The van der Waals surface area contributed by atoms with Gasteiger partial charge in [0.1, 0.15) is 5.75 Å². The van der Waals surface area contributed by atoms with Crippen LogP contribution in [0.4, 0.5) is 5.69 Å². The molecule has 0 radical (unpaired) electrons. The smallest absolute Gasteiger partial charge is 0.121 e. The Balaban J connectivity index is 2.33. The van der Waals surface area contributed by atoms with Gasteiger partial charge in [-0.05, 0) is 44.0 Å². The van der Waals surface area contributed by atoms with E-state index < -0.39 is 0 Å². The zero-order valence-corrected chi connectivity index (χ0v) is 12.0. The molecular formula is C17H21NO. The molecule has 2 rings (SSSR count). The Morgan fingerprint density at radius 3 is 2.37 bits per heavy atom. The first-order valence-electron chi connectivity index (χ1n) is 6.58. The Labute approximate surface area is 115 Å². The molecule has 0 saturated carbocycles. The van der Waals surface area contributed by atoms with Crippen LogP contribution in [0.5, 0.6) is 5.75 Å². The first-order valence-corrected chi connectivity index (χ1v) is 6.58. The molecule has 2 aromatic carbocycles. The summed E-state index contributed by atoms with van der Waals surface area (Å²) in [7, 11) is 2.06. The van der Waals surface area contributed by atoms with Gasteiger partial charge in [-0.1, -0.05) is 30.3 Å². The Bertz CT molecular complexity index is 577.